The van der Waals surface area contributed by atoms with Crippen LogP contribution in [0.5, 0.6) is 0 Å². The number of carboxylic acids is 1. The van der Waals surface area contributed by atoms with Crippen molar-refractivity contribution in [1.29, 1.82) is 0 Å². The van der Waals surface area contributed by atoms with Crippen LogP contribution in [0.4, 0.5) is 0 Å². The van der Waals surface area contributed by atoms with E-state index in [0.29, 0.717) is 6.42 Å². The van der Waals surface area contributed by atoms with Gasteiger partial charge < -0.3 is 19.3 Å². The summed E-state index contributed by atoms with van der Waals surface area (Å²) in [6, 6.07) is 18.8. The molecule has 0 aliphatic heterocycles. The number of rotatable bonds is 12. The number of alkyl halides is 2. The lowest BCUT2D eigenvalue weighted by atomic mass is 10.2. The Morgan fingerprint density at radius 2 is 1.13 bits per heavy atom. The second kappa shape index (κ2) is 17.7. The second-order valence-electron chi connectivity index (χ2n) is 9.18. The summed E-state index contributed by atoms with van der Waals surface area (Å²) in [7, 11) is 0. The Labute approximate surface area is 240 Å². The standard InChI is InChI=1S/C16H21BrO4.C12H13BrO4/c1-16(2,3)21-15(19)13(17)9-10-14(18)20-11-12-7-5-4-6-8-12;13-10(12(15)16)6-7-11(14)17-8-9-4-2-1-3-5-9/h4-8,13H,9-11H2,1-3H3;1-5,10H,6-8H2,(H,15,16)/t13-;10-/m00/s1. The quantitative estimate of drug-likeness (QED) is 0.169. The van der Waals surface area contributed by atoms with Crippen molar-refractivity contribution < 1.29 is 38.5 Å². The van der Waals surface area contributed by atoms with Crippen LogP contribution in [-0.2, 0) is 46.6 Å². The highest BCUT2D eigenvalue weighted by molar-refractivity contribution is 9.10. The summed E-state index contributed by atoms with van der Waals surface area (Å²) in [4.78, 5) is 44.0. The molecule has 0 saturated carbocycles. The topological polar surface area (TPSA) is 116 Å². The molecular weight excluding hydrogens is 624 g/mol. The average molecular weight is 658 g/mol. The molecule has 10 heteroatoms. The molecule has 0 bridgehead atoms. The first-order valence-electron chi connectivity index (χ1n) is 12.0. The molecule has 0 aromatic heterocycles. The number of esters is 3. The number of benzene rings is 2. The zero-order valence-electron chi connectivity index (χ0n) is 21.7. The second-order valence-corrected chi connectivity index (χ2v) is 11.4. The maximum absolute atomic E-state index is 11.7. The van der Waals surface area contributed by atoms with Gasteiger partial charge in [-0.3, -0.25) is 19.2 Å². The van der Waals surface area contributed by atoms with Gasteiger partial charge in [0, 0.05) is 12.8 Å². The van der Waals surface area contributed by atoms with Gasteiger partial charge in [-0.05, 0) is 44.7 Å². The van der Waals surface area contributed by atoms with Crippen LogP contribution in [-0.4, -0.2) is 44.2 Å². The Morgan fingerprint density at radius 1 is 0.737 bits per heavy atom. The molecule has 0 radical (unpaired) electrons. The Morgan fingerprint density at radius 3 is 1.50 bits per heavy atom. The molecular formula is C28H34Br2O8. The molecule has 0 fully saturated rings. The third-order valence-corrected chi connectivity index (χ3v) is 6.30. The van der Waals surface area contributed by atoms with Gasteiger partial charge >= 0.3 is 23.9 Å². The Kier molecular flexibility index (Phi) is 15.5. The minimum Gasteiger partial charge on any atom is -0.480 e. The number of halogens is 2. The Balaban J connectivity index is 0.000000389. The van der Waals surface area contributed by atoms with Gasteiger partial charge in [0.25, 0.3) is 0 Å². The van der Waals surface area contributed by atoms with Crippen LogP contribution in [0.3, 0.4) is 0 Å². The van der Waals surface area contributed by atoms with E-state index >= 15 is 0 Å². The normalized spacial score (nSPS) is 12.2. The van der Waals surface area contributed by atoms with Crippen molar-refractivity contribution in [3.63, 3.8) is 0 Å². The van der Waals surface area contributed by atoms with Crippen LogP contribution < -0.4 is 0 Å². The van der Waals surface area contributed by atoms with Crippen LogP contribution in [0.15, 0.2) is 60.7 Å². The van der Waals surface area contributed by atoms with E-state index in [1.165, 1.54) is 0 Å². The van der Waals surface area contributed by atoms with Crippen molar-refractivity contribution in [1.82, 2.24) is 0 Å². The lowest BCUT2D eigenvalue weighted by Crippen LogP contribution is -2.29. The SMILES string of the molecule is CC(C)(C)OC(=O)[C@@H](Br)CCC(=O)OCc1ccccc1.O=C(CC[C@H](Br)C(=O)O)OCc1ccccc1. The molecule has 0 saturated heterocycles. The summed E-state index contributed by atoms with van der Waals surface area (Å²) in [6.45, 7) is 5.88. The highest BCUT2D eigenvalue weighted by atomic mass is 79.9. The van der Waals surface area contributed by atoms with Crippen molar-refractivity contribution in [2.45, 2.75) is 74.9 Å². The summed E-state index contributed by atoms with van der Waals surface area (Å²) < 4.78 is 15.4. The molecule has 2 atom stereocenters. The molecule has 208 valence electrons. The van der Waals surface area contributed by atoms with Crippen molar-refractivity contribution in [3.05, 3.63) is 71.8 Å². The van der Waals surface area contributed by atoms with Gasteiger partial charge in [-0.2, -0.15) is 0 Å². The van der Waals surface area contributed by atoms with Crippen molar-refractivity contribution >= 4 is 55.7 Å². The Hall–Kier alpha value is -2.72. The predicted octanol–water partition coefficient (Wildman–Crippen LogP) is 5.97. The van der Waals surface area contributed by atoms with Crippen molar-refractivity contribution in [2.75, 3.05) is 0 Å². The monoisotopic (exact) mass is 656 g/mol. The summed E-state index contributed by atoms with van der Waals surface area (Å²) >= 11 is 6.20. The minimum absolute atomic E-state index is 0.0923. The lowest BCUT2D eigenvalue weighted by Gasteiger charge is -2.21. The summed E-state index contributed by atoms with van der Waals surface area (Å²) in [5.74, 6) is -2.05. The molecule has 0 aliphatic rings. The van der Waals surface area contributed by atoms with Gasteiger partial charge in [-0.25, -0.2) is 0 Å². The maximum Gasteiger partial charge on any atom is 0.320 e. The van der Waals surface area contributed by atoms with E-state index in [0.717, 1.165) is 11.1 Å². The molecule has 0 spiro atoms. The minimum atomic E-state index is -0.971. The van der Waals surface area contributed by atoms with Gasteiger partial charge in [0.1, 0.15) is 28.5 Å². The van der Waals surface area contributed by atoms with E-state index in [-0.39, 0.29) is 50.4 Å². The first-order chi connectivity index (χ1) is 17.9. The van der Waals surface area contributed by atoms with Crippen molar-refractivity contribution in [3.8, 4) is 0 Å². The third kappa shape index (κ3) is 16.2. The number of ether oxygens (including phenoxy) is 3. The molecule has 0 heterocycles. The maximum atomic E-state index is 11.7. The van der Waals surface area contributed by atoms with Gasteiger partial charge in [0.2, 0.25) is 0 Å². The number of carboxylic acid groups (broad SMARTS) is 1. The van der Waals surface area contributed by atoms with Crippen LogP contribution >= 0.6 is 31.9 Å². The summed E-state index contributed by atoms with van der Waals surface area (Å²) in [6.07, 6.45) is 0.836. The van der Waals surface area contributed by atoms with Crippen LogP contribution in [0.2, 0.25) is 0 Å². The molecule has 0 amide bonds. The van der Waals surface area contributed by atoms with Crippen LogP contribution in [0, 0.1) is 0 Å². The molecule has 1 N–H and O–H groups in total. The van der Waals surface area contributed by atoms with E-state index in [2.05, 4.69) is 31.9 Å². The number of hydrogen-bond donors (Lipinski definition) is 1. The highest BCUT2D eigenvalue weighted by Crippen LogP contribution is 2.16. The predicted molar refractivity (Wildman–Crippen MR) is 150 cm³/mol. The number of carbonyl (C=O) groups excluding carboxylic acids is 3. The molecule has 2 rings (SSSR count). The number of hydrogen-bond acceptors (Lipinski definition) is 7. The molecule has 0 unspecified atom stereocenters. The summed E-state index contributed by atoms with van der Waals surface area (Å²) in [5, 5.41) is 8.60. The van der Waals surface area contributed by atoms with Gasteiger partial charge in [-0.15, -0.1) is 0 Å². The first kappa shape index (κ1) is 33.3. The number of aliphatic carboxylic acids is 1. The molecule has 2 aromatic carbocycles. The van der Waals surface area contributed by atoms with Crippen molar-refractivity contribution in [2.24, 2.45) is 0 Å². The van der Waals surface area contributed by atoms with E-state index in [1.54, 1.807) is 20.8 Å². The fraction of sp³-hybridized carbons (Fsp3) is 0.429. The van der Waals surface area contributed by atoms with E-state index in [1.807, 2.05) is 60.7 Å². The van der Waals surface area contributed by atoms with Crippen LogP contribution in [0.1, 0.15) is 57.6 Å². The van der Waals surface area contributed by atoms with E-state index in [4.69, 9.17) is 19.3 Å². The van der Waals surface area contributed by atoms with Gasteiger partial charge in [0.05, 0.1) is 0 Å². The summed E-state index contributed by atoms with van der Waals surface area (Å²) in [5.41, 5.74) is 1.32. The fourth-order valence-electron chi connectivity index (χ4n) is 2.72. The largest absolute Gasteiger partial charge is 0.480 e. The average Bonchev–Trinajstić information content (AvgIpc) is 2.88. The lowest BCUT2D eigenvalue weighted by molar-refractivity contribution is -0.154. The first-order valence-corrected chi connectivity index (χ1v) is 13.8. The zero-order valence-corrected chi connectivity index (χ0v) is 24.9. The third-order valence-electron chi connectivity index (χ3n) is 4.62. The molecule has 2 aromatic rings. The molecule has 8 nitrogen and oxygen atoms in total. The smallest absolute Gasteiger partial charge is 0.320 e. The van der Waals surface area contributed by atoms with Gasteiger partial charge in [0.15, 0.2) is 0 Å². The van der Waals surface area contributed by atoms with E-state index < -0.39 is 21.2 Å². The number of carbonyl (C=O) groups is 4. The highest BCUT2D eigenvalue weighted by Gasteiger charge is 2.23. The van der Waals surface area contributed by atoms with Gasteiger partial charge in [-0.1, -0.05) is 92.5 Å². The van der Waals surface area contributed by atoms with E-state index in [9.17, 15) is 19.2 Å². The van der Waals surface area contributed by atoms with Crippen LogP contribution in [0.25, 0.3) is 0 Å². The Bertz CT molecular complexity index is 1010. The molecule has 0 aliphatic carbocycles. The zero-order chi connectivity index (χ0) is 28.6. The fourth-order valence-corrected chi connectivity index (χ4v) is 3.27. The molecule has 38 heavy (non-hydrogen) atoms.